The van der Waals surface area contributed by atoms with Crippen LogP contribution in [0.4, 0.5) is 0 Å². The molecule has 0 amide bonds. The van der Waals surface area contributed by atoms with Crippen LogP contribution in [0.2, 0.25) is 0 Å². The van der Waals surface area contributed by atoms with E-state index in [1.54, 1.807) is 7.11 Å². The molecule has 1 fully saturated rings. The molecule has 7 nitrogen and oxygen atoms in total. The van der Waals surface area contributed by atoms with Gasteiger partial charge in [-0.25, -0.2) is 4.68 Å². The lowest BCUT2D eigenvalue weighted by molar-refractivity contribution is 0.0536. The maximum absolute atomic E-state index is 5.72. The van der Waals surface area contributed by atoms with Gasteiger partial charge in [-0.1, -0.05) is 18.2 Å². The van der Waals surface area contributed by atoms with Crippen molar-refractivity contribution in [2.75, 3.05) is 53.1 Å². The summed E-state index contributed by atoms with van der Waals surface area (Å²) in [6, 6.07) is 10.3. The van der Waals surface area contributed by atoms with Gasteiger partial charge in [-0.15, -0.1) is 0 Å². The highest BCUT2D eigenvalue weighted by molar-refractivity contribution is 5.80. The van der Waals surface area contributed by atoms with Gasteiger partial charge < -0.3 is 19.7 Å². The predicted molar refractivity (Wildman–Crippen MR) is 125 cm³/mol. The number of methoxy groups -OCH3 is 1. The monoisotopic (exact) mass is 427 g/mol. The molecule has 1 aromatic carbocycles. The molecular weight excluding hydrogens is 390 g/mol. The number of guanidine groups is 1. The van der Waals surface area contributed by atoms with Crippen molar-refractivity contribution >= 4 is 5.96 Å². The Morgan fingerprint density at radius 2 is 2.10 bits per heavy atom. The summed E-state index contributed by atoms with van der Waals surface area (Å²) in [6.07, 6.45) is 5.29. The molecule has 1 atom stereocenters. The van der Waals surface area contributed by atoms with E-state index in [-0.39, 0.29) is 0 Å². The lowest BCUT2D eigenvalue weighted by Gasteiger charge is -2.21. The molecule has 170 valence electrons. The van der Waals surface area contributed by atoms with Gasteiger partial charge in [-0.2, -0.15) is 5.10 Å². The quantitative estimate of drug-likeness (QED) is 0.339. The molecule has 1 N–H and O–H groups in total. The van der Waals surface area contributed by atoms with Gasteiger partial charge in [0.25, 0.3) is 0 Å². The minimum absolute atomic E-state index is 0.562. The summed E-state index contributed by atoms with van der Waals surface area (Å²) < 4.78 is 12.7. The Bertz CT molecular complexity index is 806. The van der Waals surface area contributed by atoms with E-state index in [9.17, 15) is 0 Å². The standard InChI is InChI=1S/C24H37N5O2/c1-4-25-24(28-14-12-21(17-28)19-31-16-15-30-3)26-13-8-9-22-18-29(27-20(22)2)23-10-6-5-7-11-23/h5-7,10-11,18,21H,4,8-9,12-17,19H2,1-3H3,(H,25,26). The van der Waals surface area contributed by atoms with E-state index in [1.807, 2.05) is 22.9 Å². The summed E-state index contributed by atoms with van der Waals surface area (Å²) in [7, 11) is 1.70. The number of aromatic nitrogens is 2. The second-order valence-corrected chi connectivity index (χ2v) is 8.03. The normalized spacial score (nSPS) is 16.8. The second kappa shape index (κ2) is 12.5. The Labute approximate surface area is 186 Å². The number of aliphatic imine (C=N–C) groups is 1. The van der Waals surface area contributed by atoms with Crippen LogP contribution in [0.3, 0.4) is 0 Å². The number of aryl methyl sites for hydroxylation is 2. The summed E-state index contributed by atoms with van der Waals surface area (Å²) in [5.74, 6) is 1.59. The second-order valence-electron chi connectivity index (χ2n) is 8.03. The van der Waals surface area contributed by atoms with Gasteiger partial charge in [0.15, 0.2) is 5.96 Å². The molecule has 0 bridgehead atoms. The van der Waals surface area contributed by atoms with E-state index in [0.29, 0.717) is 19.1 Å². The topological polar surface area (TPSA) is 63.9 Å². The average Bonchev–Trinajstić information content (AvgIpc) is 3.41. The molecule has 7 heteroatoms. The molecule has 0 radical (unpaired) electrons. The van der Waals surface area contributed by atoms with Gasteiger partial charge in [-0.3, -0.25) is 4.99 Å². The SMILES string of the molecule is CCNC(=NCCCc1cn(-c2ccccc2)nc1C)N1CCC(COCCOC)C1. The molecule has 2 heterocycles. The Morgan fingerprint density at radius 1 is 1.26 bits per heavy atom. The predicted octanol–water partition coefficient (Wildman–Crippen LogP) is 3.06. The number of benzene rings is 1. The van der Waals surface area contributed by atoms with Crippen molar-refractivity contribution in [3.05, 3.63) is 47.8 Å². The van der Waals surface area contributed by atoms with Crippen LogP contribution < -0.4 is 5.32 Å². The zero-order valence-electron chi connectivity index (χ0n) is 19.2. The molecule has 0 spiro atoms. The highest BCUT2D eigenvalue weighted by Gasteiger charge is 2.24. The highest BCUT2D eigenvalue weighted by Crippen LogP contribution is 2.17. The Kier molecular flexibility index (Phi) is 9.37. The largest absolute Gasteiger partial charge is 0.382 e. The van der Waals surface area contributed by atoms with Gasteiger partial charge in [0.1, 0.15) is 0 Å². The number of nitrogens with one attached hydrogen (secondary N) is 1. The molecule has 1 aliphatic heterocycles. The average molecular weight is 428 g/mol. The van der Waals surface area contributed by atoms with E-state index in [0.717, 1.165) is 69.4 Å². The summed E-state index contributed by atoms with van der Waals surface area (Å²) in [5.41, 5.74) is 3.48. The first-order valence-electron chi connectivity index (χ1n) is 11.4. The number of nitrogens with zero attached hydrogens (tertiary/aromatic N) is 4. The van der Waals surface area contributed by atoms with Crippen LogP contribution in [0, 0.1) is 12.8 Å². The molecule has 1 saturated heterocycles. The molecule has 3 rings (SSSR count). The summed E-state index contributed by atoms with van der Waals surface area (Å²) in [5, 5.41) is 8.13. The van der Waals surface area contributed by atoms with Crippen LogP contribution in [-0.2, 0) is 15.9 Å². The molecule has 1 unspecified atom stereocenters. The maximum atomic E-state index is 5.72. The molecule has 0 aliphatic carbocycles. The third-order valence-corrected chi connectivity index (χ3v) is 5.59. The molecule has 2 aromatic rings. The minimum Gasteiger partial charge on any atom is -0.382 e. The third-order valence-electron chi connectivity index (χ3n) is 5.59. The summed E-state index contributed by atoms with van der Waals surface area (Å²) in [6.45, 7) is 10.1. The van der Waals surface area contributed by atoms with Gasteiger partial charge in [-0.05, 0) is 50.8 Å². The maximum Gasteiger partial charge on any atom is 0.193 e. The van der Waals surface area contributed by atoms with Gasteiger partial charge in [0, 0.05) is 45.4 Å². The number of hydrogen-bond acceptors (Lipinski definition) is 4. The fourth-order valence-electron chi connectivity index (χ4n) is 3.89. The number of ether oxygens (including phenoxy) is 2. The molecule has 1 aliphatic rings. The Hall–Kier alpha value is -2.38. The molecular formula is C24H37N5O2. The van der Waals surface area contributed by atoms with Crippen LogP contribution >= 0.6 is 0 Å². The van der Waals surface area contributed by atoms with Crippen molar-refractivity contribution in [3.63, 3.8) is 0 Å². The van der Waals surface area contributed by atoms with E-state index in [2.05, 4.69) is 47.5 Å². The fourth-order valence-corrected chi connectivity index (χ4v) is 3.89. The van der Waals surface area contributed by atoms with Crippen molar-refractivity contribution in [3.8, 4) is 5.69 Å². The molecule has 1 aromatic heterocycles. The van der Waals surface area contributed by atoms with E-state index >= 15 is 0 Å². The van der Waals surface area contributed by atoms with Gasteiger partial charge in [0.05, 0.1) is 31.2 Å². The smallest absolute Gasteiger partial charge is 0.193 e. The van der Waals surface area contributed by atoms with Crippen molar-refractivity contribution < 1.29 is 9.47 Å². The van der Waals surface area contributed by atoms with Crippen LogP contribution in [0.1, 0.15) is 31.0 Å². The first-order valence-corrected chi connectivity index (χ1v) is 11.4. The highest BCUT2D eigenvalue weighted by atomic mass is 16.5. The number of likely N-dealkylation sites (tertiary alicyclic amines) is 1. The van der Waals surface area contributed by atoms with Crippen LogP contribution in [0.5, 0.6) is 0 Å². The number of rotatable bonds is 11. The van der Waals surface area contributed by atoms with Crippen molar-refractivity contribution in [1.82, 2.24) is 20.0 Å². The molecule has 0 saturated carbocycles. The zero-order valence-corrected chi connectivity index (χ0v) is 19.2. The van der Waals surface area contributed by atoms with Crippen molar-refractivity contribution in [2.24, 2.45) is 10.9 Å². The fraction of sp³-hybridized carbons (Fsp3) is 0.583. The first-order chi connectivity index (χ1) is 15.2. The van der Waals surface area contributed by atoms with Crippen LogP contribution in [-0.4, -0.2) is 73.7 Å². The van der Waals surface area contributed by atoms with Gasteiger partial charge in [0.2, 0.25) is 0 Å². The lowest BCUT2D eigenvalue weighted by atomic mass is 10.1. The molecule has 31 heavy (non-hydrogen) atoms. The first kappa shape index (κ1) is 23.3. The van der Waals surface area contributed by atoms with Gasteiger partial charge >= 0.3 is 0 Å². The number of hydrogen-bond donors (Lipinski definition) is 1. The van der Waals surface area contributed by atoms with Crippen molar-refractivity contribution in [2.45, 2.75) is 33.1 Å². The summed E-state index contributed by atoms with van der Waals surface area (Å²) in [4.78, 5) is 7.26. The zero-order chi connectivity index (χ0) is 21.9. The Morgan fingerprint density at radius 3 is 2.87 bits per heavy atom. The lowest BCUT2D eigenvalue weighted by Crippen LogP contribution is -2.40. The van der Waals surface area contributed by atoms with Crippen LogP contribution in [0.15, 0.2) is 41.5 Å². The summed E-state index contributed by atoms with van der Waals surface area (Å²) >= 11 is 0. The number of para-hydroxylation sites is 1. The van der Waals surface area contributed by atoms with Crippen LogP contribution in [0.25, 0.3) is 5.69 Å². The minimum atomic E-state index is 0.562. The third kappa shape index (κ3) is 7.08. The van der Waals surface area contributed by atoms with Crippen molar-refractivity contribution in [1.29, 1.82) is 0 Å². The van der Waals surface area contributed by atoms with E-state index in [1.165, 1.54) is 5.56 Å². The Balaban J connectivity index is 1.48. The van der Waals surface area contributed by atoms with E-state index in [4.69, 9.17) is 14.5 Å². The van der Waals surface area contributed by atoms with E-state index < -0.39 is 0 Å².